The van der Waals surface area contributed by atoms with Crippen LogP contribution in [0.4, 0.5) is 5.69 Å². The summed E-state index contributed by atoms with van der Waals surface area (Å²) in [5, 5.41) is 0. The van der Waals surface area contributed by atoms with Gasteiger partial charge >= 0.3 is 5.97 Å². The van der Waals surface area contributed by atoms with E-state index in [1.54, 1.807) is 60.5 Å². The number of methoxy groups -OCH3 is 1. The first kappa shape index (κ1) is 23.0. The monoisotopic (exact) mass is 459 g/mol. The molecule has 1 saturated heterocycles. The number of nitrogens with zero attached hydrogens (tertiary/aromatic N) is 1. The third kappa shape index (κ3) is 5.43. The minimum atomic E-state index is -0.625. The fourth-order valence-electron chi connectivity index (χ4n) is 3.67. The van der Waals surface area contributed by atoms with Gasteiger partial charge in [-0.1, -0.05) is 17.7 Å². The summed E-state index contributed by atoms with van der Waals surface area (Å²) >= 11 is 0. The summed E-state index contributed by atoms with van der Waals surface area (Å²) in [5.41, 5.74) is 2.24. The van der Waals surface area contributed by atoms with E-state index in [0.29, 0.717) is 22.7 Å². The number of carbonyl (C=O) groups is 3. The van der Waals surface area contributed by atoms with Crippen molar-refractivity contribution in [3.8, 4) is 17.2 Å². The summed E-state index contributed by atoms with van der Waals surface area (Å²) in [6, 6.07) is 21.4. The van der Waals surface area contributed by atoms with Crippen LogP contribution in [0.5, 0.6) is 17.2 Å². The zero-order valence-corrected chi connectivity index (χ0v) is 19.0. The van der Waals surface area contributed by atoms with Crippen molar-refractivity contribution >= 4 is 23.3 Å². The van der Waals surface area contributed by atoms with E-state index < -0.39 is 11.9 Å². The Morgan fingerprint density at radius 2 is 1.47 bits per heavy atom. The number of amides is 1. The van der Waals surface area contributed by atoms with E-state index in [-0.39, 0.29) is 31.3 Å². The fraction of sp³-hybridized carbons (Fsp3) is 0.222. The van der Waals surface area contributed by atoms with Crippen molar-refractivity contribution < 1.29 is 28.6 Å². The second kappa shape index (κ2) is 10.2. The standard InChI is InChI=1S/C27H25NO6/c1-18-3-9-23(10-4-18)34-24-13-7-21(8-14-24)28-16-20(15-26(28)30)27(31)33-17-25(29)19-5-11-22(32-2)12-6-19/h3-14,20H,15-17H2,1-2H3/t20-/m1/s1. The first-order chi connectivity index (χ1) is 16.4. The van der Waals surface area contributed by atoms with Crippen LogP contribution in [-0.2, 0) is 14.3 Å². The zero-order valence-electron chi connectivity index (χ0n) is 19.0. The second-order valence-electron chi connectivity index (χ2n) is 8.07. The van der Waals surface area contributed by atoms with Gasteiger partial charge in [0.1, 0.15) is 17.2 Å². The van der Waals surface area contributed by atoms with Gasteiger partial charge in [-0.05, 0) is 67.6 Å². The molecule has 0 bridgehead atoms. The molecule has 0 N–H and O–H groups in total. The predicted molar refractivity (Wildman–Crippen MR) is 126 cm³/mol. The summed E-state index contributed by atoms with van der Waals surface area (Å²) in [4.78, 5) is 38.9. The average molecular weight is 459 g/mol. The fourth-order valence-corrected chi connectivity index (χ4v) is 3.67. The van der Waals surface area contributed by atoms with E-state index >= 15 is 0 Å². The molecule has 0 aliphatic carbocycles. The Morgan fingerprint density at radius 3 is 2.09 bits per heavy atom. The SMILES string of the molecule is COc1ccc(C(=O)COC(=O)[C@@H]2CC(=O)N(c3ccc(Oc4ccc(C)cc4)cc3)C2)cc1. The molecule has 1 fully saturated rings. The number of hydrogen-bond acceptors (Lipinski definition) is 6. The normalized spacial score (nSPS) is 15.2. The molecule has 3 aromatic rings. The molecule has 1 atom stereocenters. The van der Waals surface area contributed by atoms with E-state index in [1.165, 1.54) is 0 Å². The maximum absolute atomic E-state index is 12.5. The number of ether oxygens (including phenoxy) is 3. The second-order valence-corrected chi connectivity index (χ2v) is 8.07. The largest absolute Gasteiger partial charge is 0.497 e. The maximum Gasteiger partial charge on any atom is 0.311 e. The number of carbonyl (C=O) groups excluding carboxylic acids is 3. The number of anilines is 1. The Morgan fingerprint density at radius 1 is 0.882 bits per heavy atom. The molecule has 0 unspecified atom stereocenters. The van der Waals surface area contributed by atoms with Crippen LogP contribution in [0, 0.1) is 12.8 Å². The Labute approximate surface area is 197 Å². The minimum absolute atomic E-state index is 0.0389. The predicted octanol–water partition coefficient (Wildman–Crippen LogP) is 4.57. The number of benzene rings is 3. The van der Waals surface area contributed by atoms with Crippen LogP contribution in [0.3, 0.4) is 0 Å². The molecule has 0 saturated carbocycles. The average Bonchev–Trinajstić information content (AvgIpc) is 3.26. The molecule has 0 aromatic heterocycles. The van der Waals surface area contributed by atoms with E-state index in [9.17, 15) is 14.4 Å². The van der Waals surface area contributed by atoms with Gasteiger partial charge in [-0.15, -0.1) is 0 Å². The number of Topliss-reactive ketones (excluding diaryl/α,β-unsaturated/α-hetero) is 1. The summed E-state index contributed by atoms with van der Waals surface area (Å²) < 4.78 is 16.1. The highest BCUT2D eigenvalue weighted by Gasteiger charge is 2.36. The lowest BCUT2D eigenvalue weighted by molar-refractivity contribution is -0.147. The topological polar surface area (TPSA) is 82.1 Å². The van der Waals surface area contributed by atoms with Crippen LogP contribution in [0.2, 0.25) is 0 Å². The molecule has 1 heterocycles. The summed E-state index contributed by atoms with van der Waals surface area (Å²) in [7, 11) is 1.54. The van der Waals surface area contributed by atoms with Crippen molar-refractivity contribution in [2.75, 3.05) is 25.2 Å². The lowest BCUT2D eigenvalue weighted by Crippen LogP contribution is -2.27. The van der Waals surface area contributed by atoms with Gasteiger partial charge in [0, 0.05) is 24.2 Å². The van der Waals surface area contributed by atoms with Crippen LogP contribution in [0.25, 0.3) is 0 Å². The third-order valence-electron chi connectivity index (χ3n) is 5.62. The Hall–Kier alpha value is -4.13. The van der Waals surface area contributed by atoms with Crippen LogP contribution in [-0.4, -0.2) is 37.9 Å². The van der Waals surface area contributed by atoms with Crippen molar-refractivity contribution in [3.05, 3.63) is 83.9 Å². The van der Waals surface area contributed by atoms with Crippen molar-refractivity contribution in [2.45, 2.75) is 13.3 Å². The van der Waals surface area contributed by atoms with Gasteiger partial charge in [-0.25, -0.2) is 0 Å². The minimum Gasteiger partial charge on any atom is -0.497 e. The van der Waals surface area contributed by atoms with Crippen molar-refractivity contribution in [1.82, 2.24) is 0 Å². The molecule has 4 rings (SSSR count). The molecule has 0 radical (unpaired) electrons. The zero-order chi connectivity index (χ0) is 24.1. The highest BCUT2D eigenvalue weighted by molar-refractivity contribution is 6.01. The molecule has 0 spiro atoms. The van der Waals surface area contributed by atoms with Gasteiger partial charge in [-0.3, -0.25) is 14.4 Å². The molecule has 174 valence electrons. The highest BCUT2D eigenvalue weighted by Crippen LogP contribution is 2.29. The molecule has 1 aliphatic heterocycles. The van der Waals surface area contributed by atoms with Crippen LogP contribution < -0.4 is 14.4 Å². The third-order valence-corrected chi connectivity index (χ3v) is 5.62. The molecule has 7 heteroatoms. The number of hydrogen-bond donors (Lipinski definition) is 0. The quantitative estimate of drug-likeness (QED) is 0.362. The maximum atomic E-state index is 12.5. The molecule has 1 aliphatic rings. The number of ketones is 1. The van der Waals surface area contributed by atoms with Crippen LogP contribution in [0.15, 0.2) is 72.8 Å². The van der Waals surface area contributed by atoms with Crippen LogP contribution >= 0.6 is 0 Å². The van der Waals surface area contributed by atoms with Gasteiger partial charge in [-0.2, -0.15) is 0 Å². The first-order valence-corrected chi connectivity index (χ1v) is 10.9. The summed E-state index contributed by atoms with van der Waals surface area (Å²) in [6.07, 6.45) is 0.0389. The van der Waals surface area contributed by atoms with E-state index in [1.807, 2.05) is 31.2 Å². The van der Waals surface area contributed by atoms with Gasteiger partial charge < -0.3 is 19.1 Å². The molecule has 1 amide bonds. The lowest BCUT2D eigenvalue weighted by Gasteiger charge is -2.17. The van der Waals surface area contributed by atoms with Gasteiger partial charge in [0.15, 0.2) is 12.4 Å². The lowest BCUT2D eigenvalue weighted by atomic mass is 10.1. The first-order valence-electron chi connectivity index (χ1n) is 10.9. The van der Waals surface area contributed by atoms with E-state index in [0.717, 1.165) is 11.3 Å². The molecule has 3 aromatic carbocycles. The van der Waals surface area contributed by atoms with Crippen molar-refractivity contribution in [1.29, 1.82) is 0 Å². The smallest absolute Gasteiger partial charge is 0.311 e. The van der Waals surface area contributed by atoms with Gasteiger partial charge in [0.25, 0.3) is 0 Å². The van der Waals surface area contributed by atoms with E-state index in [2.05, 4.69) is 0 Å². The molecule has 34 heavy (non-hydrogen) atoms. The van der Waals surface area contributed by atoms with Gasteiger partial charge in [0.2, 0.25) is 5.91 Å². The summed E-state index contributed by atoms with van der Waals surface area (Å²) in [6.45, 7) is 1.83. The Bertz CT molecular complexity index is 1170. The number of aryl methyl sites for hydroxylation is 1. The van der Waals surface area contributed by atoms with E-state index in [4.69, 9.17) is 14.2 Å². The van der Waals surface area contributed by atoms with Crippen LogP contribution in [0.1, 0.15) is 22.3 Å². The Balaban J connectivity index is 1.31. The molecular weight excluding hydrogens is 434 g/mol. The number of rotatable bonds is 8. The molecular formula is C27H25NO6. The highest BCUT2D eigenvalue weighted by atomic mass is 16.5. The van der Waals surface area contributed by atoms with Crippen molar-refractivity contribution in [2.24, 2.45) is 5.92 Å². The number of esters is 1. The molecule has 7 nitrogen and oxygen atoms in total. The Kier molecular flexibility index (Phi) is 6.92. The summed E-state index contributed by atoms with van der Waals surface area (Å²) in [5.74, 6) is 0.330. The van der Waals surface area contributed by atoms with Crippen molar-refractivity contribution in [3.63, 3.8) is 0 Å². The van der Waals surface area contributed by atoms with Gasteiger partial charge in [0.05, 0.1) is 13.0 Å².